The fraction of sp³-hybridized carbons (Fsp3) is 0.625. The van der Waals surface area contributed by atoms with Crippen LogP contribution in [0.15, 0.2) is 24.3 Å². The smallest absolute Gasteiger partial charge is 0.0233 e. The first-order valence-corrected chi connectivity index (χ1v) is 7.28. The van der Waals surface area contributed by atoms with E-state index in [1.807, 2.05) is 0 Å². The lowest BCUT2D eigenvalue weighted by Gasteiger charge is -2.26. The summed E-state index contributed by atoms with van der Waals surface area (Å²) >= 11 is 0. The summed E-state index contributed by atoms with van der Waals surface area (Å²) in [5.74, 6) is 0. The summed E-state index contributed by atoms with van der Waals surface area (Å²) < 4.78 is 0. The third-order valence-corrected chi connectivity index (χ3v) is 4.03. The summed E-state index contributed by atoms with van der Waals surface area (Å²) in [5.41, 5.74) is 2.87. The van der Waals surface area contributed by atoms with Crippen LogP contribution in [0.5, 0.6) is 0 Å². The van der Waals surface area contributed by atoms with Gasteiger partial charge in [0, 0.05) is 12.6 Å². The lowest BCUT2D eigenvalue weighted by atomic mass is 10.1. The van der Waals surface area contributed by atoms with Crippen LogP contribution in [0.25, 0.3) is 0 Å². The van der Waals surface area contributed by atoms with Crippen molar-refractivity contribution >= 4 is 0 Å². The van der Waals surface area contributed by atoms with Gasteiger partial charge in [-0.2, -0.15) is 0 Å². The first kappa shape index (κ1) is 13.6. The highest BCUT2D eigenvalue weighted by Gasteiger charge is 2.16. The third-order valence-electron chi connectivity index (χ3n) is 4.03. The van der Waals surface area contributed by atoms with Gasteiger partial charge in [-0.05, 0) is 56.9 Å². The van der Waals surface area contributed by atoms with Gasteiger partial charge >= 0.3 is 0 Å². The topological polar surface area (TPSA) is 15.3 Å². The fourth-order valence-corrected chi connectivity index (χ4v) is 2.74. The summed E-state index contributed by atoms with van der Waals surface area (Å²) in [6.45, 7) is 5.65. The van der Waals surface area contributed by atoms with Crippen molar-refractivity contribution in [1.82, 2.24) is 10.2 Å². The van der Waals surface area contributed by atoms with Crippen molar-refractivity contribution in [3.05, 3.63) is 35.4 Å². The predicted molar refractivity (Wildman–Crippen MR) is 77.8 cm³/mol. The molecule has 1 unspecified atom stereocenters. The van der Waals surface area contributed by atoms with Crippen molar-refractivity contribution in [2.45, 2.75) is 45.2 Å². The van der Waals surface area contributed by atoms with Crippen molar-refractivity contribution < 1.29 is 0 Å². The number of rotatable bonds is 4. The molecule has 0 spiro atoms. The first-order valence-electron chi connectivity index (χ1n) is 7.28. The van der Waals surface area contributed by atoms with Crippen LogP contribution in [0, 0.1) is 0 Å². The van der Waals surface area contributed by atoms with E-state index in [2.05, 4.69) is 48.5 Å². The fourth-order valence-electron chi connectivity index (χ4n) is 2.74. The van der Waals surface area contributed by atoms with Crippen LogP contribution in [0.1, 0.15) is 37.3 Å². The number of benzene rings is 1. The second-order valence-corrected chi connectivity index (χ2v) is 5.42. The van der Waals surface area contributed by atoms with E-state index >= 15 is 0 Å². The largest absolute Gasteiger partial charge is 0.317 e. The van der Waals surface area contributed by atoms with Crippen LogP contribution in [0.2, 0.25) is 0 Å². The van der Waals surface area contributed by atoms with Crippen molar-refractivity contribution in [1.29, 1.82) is 0 Å². The average Bonchev–Trinajstić information content (AvgIpc) is 2.68. The molecule has 0 aliphatic carbocycles. The molecule has 2 rings (SSSR count). The van der Waals surface area contributed by atoms with Crippen LogP contribution in [0.4, 0.5) is 0 Å². The van der Waals surface area contributed by atoms with E-state index in [1.54, 1.807) is 0 Å². The Bertz CT molecular complexity index is 337. The zero-order chi connectivity index (χ0) is 12.8. The van der Waals surface area contributed by atoms with Gasteiger partial charge in [-0.1, -0.05) is 31.2 Å². The predicted octanol–water partition coefficient (Wildman–Crippen LogP) is 2.82. The van der Waals surface area contributed by atoms with Gasteiger partial charge in [-0.3, -0.25) is 4.90 Å². The molecule has 0 aromatic heterocycles. The van der Waals surface area contributed by atoms with Gasteiger partial charge in [0.15, 0.2) is 0 Å². The van der Waals surface area contributed by atoms with Crippen LogP contribution in [0.3, 0.4) is 0 Å². The molecule has 1 atom stereocenters. The van der Waals surface area contributed by atoms with E-state index < -0.39 is 0 Å². The van der Waals surface area contributed by atoms with Crippen molar-refractivity contribution in [3.63, 3.8) is 0 Å². The third kappa shape index (κ3) is 3.82. The molecule has 1 aromatic rings. The number of nitrogens with one attached hydrogen (secondary N) is 1. The molecule has 1 aromatic carbocycles. The van der Waals surface area contributed by atoms with E-state index in [0.717, 1.165) is 19.0 Å². The van der Waals surface area contributed by atoms with E-state index in [4.69, 9.17) is 0 Å². The summed E-state index contributed by atoms with van der Waals surface area (Å²) in [7, 11) is 2.27. The van der Waals surface area contributed by atoms with Crippen LogP contribution < -0.4 is 5.32 Å². The normalized spacial score (nSPS) is 20.9. The molecular weight excluding hydrogens is 220 g/mol. The Morgan fingerprint density at radius 1 is 1.11 bits per heavy atom. The molecule has 1 heterocycles. The summed E-state index contributed by atoms with van der Waals surface area (Å²) in [5, 5.41) is 3.48. The molecule has 1 aliphatic heterocycles. The van der Waals surface area contributed by atoms with Gasteiger partial charge in [-0.15, -0.1) is 0 Å². The van der Waals surface area contributed by atoms with Gasteiger partial charge in [0.1, 0.15) is 0 Å². The Kier molecular flexibility index (Phi) is 5.21. The van der Waals surface area contributed by atoms with E-state index in [1.165, 1.54) is 43.5 Å². The molecule has 0 bridgehead atoms. The minimum atomic E-state index is 0.742. The number of aryl methyl sites for hydroxylation is 1. The second kappa shape index (κ2) is 6.91. The Morgan fingerprint density at radius 2 is 1.83 bits per heavy atom. The number of hydrogen-bond acceptors (Lipinski definition) is 2. The Balaban J connectivity index is 1.90. The maximum Gasteiger partial charge on any atom is 0.0233 e. The molecule has 0 saturated carbocycles. The van der Waals surface area contributed by atoms with Gasteiger partial charge in [0.2, 0.25) is 0 Å². The molecule has 2 nitrogen and oxygen atoms in total. The molecular formula is C16H26N2. The van der Waals surface area contributed by atoms with Gasteiger partial charge in [0.25, 0.3) is 0 Å². The first-order chi connectivity index (χ1) is 8.79. The molecule has 1 saturated heterocycles. The van der Waals surface area contributed by atoms with E-state index in [9.17, 15) is 0 Å². The van der Waals surface area contributed by atoms with Gasteiger partial charge < -0.3 is 5.32 Å². The highest BCUT2D eigenvalue weighted by molar-refractivity contribution is 5.22. The Morgan fingerprint density at radius 3 is 2.56 bits per heavy atom. The molecule has 1 N–H and O–H groups in total. The van der Waals surface area contributed by atoms with Crippen LogP contribution in [-0.4, -0.2) is 31.1 Å². The summed E-state index contributed by atoms with van der Waals surface area (Å²) in [6, 6.07) is 9.83. The highest BCUT2D eigenvalue weighted by atomic mass is 15.1. The lowest BCUT2D eigenvalue weighted by Crippen LogP contribution is -2.31. The Hall–Kier alpha value is -0.860. The standard InChI is InChI=1S/C16H26N2/c1-3-14-6-8-15(9-7-14)13-18(2)16-5-4-11-17-12-10-16/h6-9,16-17H,3-5,10-13H2,1-2H3. The molecule has 2 heteroatoms. The highest BCUT2D eigenvalue weighted by Crippen LogP contribution is 2.15. The molecule has 0 radical (unpaired) electrons. The minimum absolute atomic E-state index is 0.742. The monoisotopic (exact) mass is 246 g/mol. The zero-order valence-electron chi connectivity index (χ0n) is 11.8. The van der Waals surface area contributed by atoms with Gasteiger partial charge in [0.05, 0.1) is 0 Å². The minimum Gasteiger partial charge on any atom is -0.317 e. The van der Waals surface area contributed by atoms with Gasteiger partial charge in [-0.25, -0.2) is 0 Å². The SMILES string of the molecule is CCc1ccc(CN(C)C2CCCNCC2)cc1. The number of hydrogen-bond donors (Lipinski definition) is 1. The van der Waals surface area contributed by atoms with E-state index in [-0.39, 0.29) is 0 Å². The summed E-state index contributed by atoms with van der Waals surface area (Å²) in [6.07, 6.45) is 5.05. The van der Waals surface area contributed by atoms with Crippen molar-refractivity contribution in [2.75, 3.05) is 20.1 Å². The van der Waals surface area contributed by atoms with Crippen LogP contribution in [-0.2, 0) is 13.0 Å². The lowest BCUT2D eigenvalue weighted by molar-refractivity contribution is 0.216. The maximum atomic E-state index is 3.48. The van der Waals surface area contributed by atoms with Crippen molar-refractivity contribution in [2.24, 2.45) is 0 Å². The second-order valence-electron chi connectivity index (χ2n) is 5.42. The quantitative estimate of drug-likeness (QED) is 0.879. The summed E-state index contributed by atoms with van der Waals surface area (Å²) in [4.78, 5) is 2.52. The van der Waals surface area contributed by atoms with Crippen molar-refractivity contribution in [3.8, 4) is 0 Å². The number of nitrogens with zero attached hydrogens (tertiary/aromatic N) is 1. The molecule has 100 valence electrons. The molecule has 1 aliphatic rings. The van der Waals surface area contributed by atoms with Crippen LogP contribution >= 0.6 is 0 Å². The Labute approximate surface area is 111 Å². The van der Waals surface area contributed by atoms with E-state index in [0.29, 0.717) is 0 Å². The molecule has 18 heavy (non-hydrogen) atoms. The zero-order valence-corrected chi connectivity index (χ0v) is 11.8. The molecule has 0 amide bonds. The molecule has 1 fully saturated rings. The average molecular weight is 246 g/mol. The maximum absolute atomic E-state index is 3.48.